The van der Waals surface area contributed by atoms with Crippen molar-refractivity contribution in [3.05, 3.63) is 53.6 Å². The predicted octanol–water partition coefficient (Wildman–Crippen LogP) is 2.15. The van der Waals surface area contributed by atoms with Crippen LogP contribution in [0.5, 0.6) is 17.2 Å². The first-order valence-corrected chi connectivity index (χ1v) is 8.47. The Morgan fingerprint density at radius 2 is 1.48 bits per heavy atom. The van der Waals surface area contributed by atoms with Crippen LogP contribution in [0.15, 0.2) is 42.5 Å². The van der Waals surface area contributed by atoms with Gasteiger partial charge in [0.2, 0.25) is 5.91 Å². The molecule has 2 amide bonds. The van der Waals surface area contributed by atoms with Gasteiger partial charge in [0.15, 0.2) is 11.5 Å². The summed E-state index contributed by atoms with van der Waals surface area (Å²) in [5, 5.41) is 5.53. The number of amides is 2. The summed E-state index contributed by atoms with van der Waals surface area (Å²) in [6, 6.07) is 12.3. The zero-order valence-corrected chi connectivity index (χ0v) is 15.7. The van der Waals surface area contributed by atoms with Gasteiger partial charge in [-0.3, -0.25) is 9.59 Å². The first kappa shape index (κ1) is 20.1. The van der Waals surface area contributed by atoms with Gasteiger partial charge in [-0.2, -0.15) is 0 Å². The van der Waals surface area contributed by atoms with Crippen LogP contribution in [-0.2, 0) is 11.3 Å². The van der Waals surface area contributed by atoms with E-state index >= 15 is 0 Å². The Morgan fingerprint density at radius 3 is 2.11 bits per heavy atom. The molecule has 144 valence electrons. The van der Waals surface area contributed by atoms with E-state index in [4.69, 9.17) is 14.2 Å². The van der Waals surface area contributed by atoms with Gasteiger partial charge in [-0.15, -0.1) is 0 Å². The molecule has 2 aromatic rings. The predicted molar refractivity (Wildman–Crippen MR) is 101 cm³/mol. The fourth-order valence-corrected chi connectivity index (χ4v) is 2.49. The quantitative estimate of drug-likeness (QED) is 0.704. The molecule has 0 bridgehead atoms. The first-order chi connectivity index (χ1) is 13.1. The van der Waals surface area contributed by atoms with Gasteiger partial charge in [0.05, 0.1) is 21.3 Å². The Labute approximate surface area is 158 Å². The lowest BCUT2D eigenvalue weighted by atomic mass is 10.1. The highest BCUT2D eigenvalue weighted by atomic mass is 16.5. The van der Waals surface area contributed by atoms with Crippen LogP contribution in [0.25, 0.3) is 0 Å². The monoisotopic (exact) mass is 372 g/mol. The van der Waals surface area contributed by atoms with Gasteiger partial charge in [-0.1, -0.05) is 18.2 Å². The SMILES string of the molecule is COc1cc(OC)c(OC)cc1CNC(=O)CCNC(=O)c1ccccc1. The molecule has 2 aromatic carbocycles. The Balaban J connectivity index is 1.85. The standard InChI is InChI=1S/C20H24N2O5/c1-25-16-12-18(27-3)17(26-2)11-15(16)13-22-19(23)9-10-21-20(24)14-7-5-4-6-8-14/h4-8,11-12H,9-10,13H2,1-3H3,(H,21,24)(H,22,23). The molecule has 7 nitrogen and oxygen atoms in total. The lowest BCUT2D eigenvalue weighted by molar-refractivity contribution is -0.121. The van der Waals surface area contributed by atoms with E-state index in [1.807, 2.05) is 6.07 Å². The van der Waals surface area contributed by atoms with Crippen molar-refractivity contribution in [2.24, 2.45) is 0 Å². The summed E-state index contributed by atoms with van der Waals surface area (Å²) < 4.78 is 15.9. The second kappa shape index (κ2) is 10.1. The number of carbonyl (C=O) groups excluding carboxylic acids is 2. The molecule has 0 heterocycles. The van der Waals surface area contributed by atoms with Crippen molar-refractivity contribution in [3.8, 4) is 17.2 Å². The van der Waals surface area contributed by atoms with Crippen molar-refractivity contribution >= 4 is 11.8 Å². The van der Waals surface area contributed by atoms with Crippen molar-refractivity contribution in [2.75, 3.05) is 27.9 Å². The Morgan fingerprint density at radius 1 is 0.852 bits per heavy atom. The molecule has 0 aliphatic rings. The van der Waals surface area contributed by atoms with Gasteiger partial charge in [-0.05, 0) is 18.2 Å². The van der Waals surface area contributed by atoms with Crippen molar-refractivity contribution in [1.82, 2.24) is 10.6 Å². The zero-order valence-electron chi connectivity index (χ0n) is 15.7. The molecule has 0 atom stereocenters. The van der Waals surface area contributed by atoms with Gasteiger partial charge in [0.25, 0.3) is 5.91 Å². The summed E-state index contributed by atoms with van der Waals surface area (Å²) in [7, 11) is 4.64. The molecular weight excluding hydrogens is 348 g/mol. The molecule has 0 saturated heterocycles. The topological polar surface area (TPSA) is 85.9 Å². The number of hydrogen-bond donors (Lipinski definition) is 2. The molecular formula is C20H24N2O5. The molecule has 0 radical (unpaired) electrons. The summed E-state index contributed by atoms with van der Waals surface area (Å²) >= 11 is 0. The van der Waals surface area contributed by atoms with Crippen LogP contribution in [-0.4, -0.2) is 39.7 Å². The third kappa shape index (κ3) is 5.64. The van der Waals surface area contributed by atoms with Crippen LogP contribution in [0.4, 0.5) is 0 Å². The van der Waals surface area contributed by atoms with E-state index in [1.165, 1.54) is 0 Å². The van der Waals surface area contributed by atoms with Crippen molar-refractivity contribution < 1.29 is 23.8 Å². The molecule has 2 rings (SSSR count). The van der Waals surface area contributed by atoms with Crippen molar-refractivity contribution in [3.63, 3.8) is 0 Å². The maximum atomic E-state index is 12.1. The van der Waals surface area contributed by atoms with Crippen LogP contribution in [0, 0.1) is 0 Å². The van der Waals surface area contributed by atoms with Gasteiger partial charge >= 0.3 is 0 Å². The van der Waals surface area contributed by atoms with Gasteiger partial charge in [0.1, 0.15) is 5.75 Å². The van der Waals surface area contributed by atoms with E-state index in [2.05, 4.69) is 10.6 Å². The number of hydrogen-bond acceptors (Lipinski definition) is 5. The molecule has 0 fully saturated rings. The summed E-state index contributed by atoms with van der Waals surface area (Å²) in [6.45, 7) is 0.525. The highest BCUT2D eigenvalue weighted by Crippen LogP contribution is 2.34. The van der Waals surface area contributed by atoms with Gasteiger partial charge in [0, 0.05) is 36.7 Å². The van der Waals surface area contributed by atoms with E-state index in [-0.39, 0.29) is 31.3 Å². The zero-order chi connectivity index (χ0) is 19.6. The molecule has 27 heavy (non-hydrogen) atoms. The summed E-state index contributed by atoms with van der Waals surface area (Å²) in [6.07, 6.45) is 0.175. The van der Waals surface area contributed by atoms with Gasteiger partial charge < -0.3 is 24.8 Å². The van der Waals surface area contributed by atoms with Crippen LogP contribution in [0.1, 0.15) is 22.3 Å². The summed E-state index contributed by atoms with van der Waals surface area (Å²) in [5.74, 6) is 1.31. The normalized spacial score (nSPS) is 10.0. The van der Waals surface area contributed by atoms with E-state index in [0.717, 1.165) is 5.56 Å². The average Bonchev–Trinajstić information content (AvgIpc) is 2.71. The highest BCUT2D eigenvalue weighted by Gasteiger charge is 2.13. The number of benzene rings is 2. The van der Waals surface area contributed by atoms with Crippen LogP contribution >= 0.6 is 0 Å². The van der Waals surface area contributed by atoms with E-state index < -0.39 is 0 Å². The molecule has 0 aliphatic carbocycles. The van der Waals surface area contributed by atoms with E-state index in [9.17, 15) is 9.59 Å². The Hall–Kier alpha value is -3.22. The highest BCUT2D eigenvalue weighted by molar-refractivity contribution is 5.94. The van der Waals surface area contributed by atoms with Crippen LogP contribution < -0.4 is 24.8 Å². The lowest BCUT2D eigenvalue weighted by Gasteiger charge is -2.14. The minimum atomic E-state index is -0.204. The molecule has 0 saturated carbocycles. The number of methoxy groups -OCH3 is 3. The largest absolute Gasteiger partial charge is 0.496 e. The Bertz CT molecular complexity index is 777. The fourth-order valence-electron chi connectivity index (χ4n) is 2.49. The number of ether oxygens (including phenoxy) is 3. The molecule has 0 aromatic heterocycles. The average molecular weight is 372 g/mol. The van der Waals surface area contributed by atoms with Crippen LogP contribution in [0.3, 0.4) is 0 Å². The van der Waals surface area contributed by atoms with Gasteiger partial charge in [-0.25, -0.2) is 0 Å². The lowest BCUT2D eigenvalue weighted by Crippen LogP contribution is -2.30. The maximum absolute atomic E-state index is 12.1. The molecule has 0 unspecified atom stereocenters. The number of rotatable bonds is 9. The summed E-state index contributed by atoms with van der Waals surface area (Å²) in [5.41, 5.74) is 1.32. The maximum Gasteiger partial charge on any atom is 0.251 e. The minimum absolute atomic E-state index is 0.175. The van der Waals surface area contributed by atoms with Crippen molar-refractivity contribution in [2.45, 2.75) is 13.0 Å². The molecule has 0 spiro atoms. The summed E-state index contributed by atoms with van der Waals surface area (Å²) in [4.78, 5) is 24.0. The molecule has 7 heteroatoms. The van der Waals surface area contributed by atoms with Crippen molar-refractivity contribution in [1.29, 1.82) is 0 Å². The minimum Gasteiger partial charge on any atom is -0.496 e. The smallest absolute Gasteiger partial charge is 0.251 e. The number of carbonyl (C=O) groups is 2. The second-order valence-electron chi connectivity index (χ2n) is 5.67. The third-order valence-electron chi connectivity index (χ3n) is 3.94. The molecule has 2 N–H and O–H groups in total. The molecule has 0 aliphatic heterocycles. The third-order valence-corrected chi connectivity index (χ3v) is 3.94. The first-order valence-electron chi connectivity index (χ1n) is 8.47. The second-order valence-corrected chi connectivity index (χ2v) is 5.67. The number of nitrogens with one attached hydrogen (secondary N) is 2. The van der Waals surface area contributed by atoms with E-state index in [1.54, 1.807) is 57.7 Å². The van der Waals surface area contributed by atoms with Crippen LogP contribution in [0.2, 0.25) is 0 Å². The fraction of sp³-hybridized carbons (Fsp3) is 0.300. The van der Waals surface area contributed by atoms with E-state index in [0.29, 0.717) is 22.8 Å². The Kier molecular flexibility index (Phi) is 7.49.